The van der Waals surface area contributed by atoms with Crippen LogP contribution in [0.4, 0.5) is 5.69 Å². The summed E-state index contributed by atoms with van der Waals surface area (Å²) in [6, 6.07) is 15.3. The maximum absolute atomic E-state index is 14.1. The molecule has 5 rings (SSSR count). The van der Waals surface area contributed by atoms with Crippen LogP contribution in [0.5, 0.6) is 0 Å². The summed E-state index contributed by atoms with van der Waals surface area (Å²) in [6.07, 6.45) is 3.64. The molecule has 0 radical (unpaired) electrons. The lowest BCUT2D eigenvalue weighted by atomic mass is 9.70. The Hall–Kier alpha value is -3.16. The second-order valence-corrected chi connectivity index (χ2v) is 11.5. The number of likely N-dealkylation sites (tertiary alicyclic amines) is 1. The monoisotopic (exact) mass is 507 g/mol. The van der Waals surface area contributed by atoms with Crippen LogP contribution < -0.4 is 10.6 Å². The average molecular weight is 508 g/mol. The van der Waals surface area contributed by atoms with Crippen LogP contribution in [-0.2, 0) is 25.7 Å². The summed E-state index contributed by atoms with van der Waals surface area (Å²) in [6.45, 7) is 7.67. The zero-order chi connectivity index (χ0) is 25.9. The number of hydrogen-bond donors (Lipinski definition) is 2. The molecule has 7 nitrogen and oxygen atoms in total. The smallest absolute Gasteiger partial charge is 0.246 e. The zero-order valence-corrected chi connectivity index (χ0v) is 21.5. The normalized spacial score (nSPS) is 30.4. The van der Waals surface area contributed by atoms with Crippen molar-refractivity contribution in [3.63, 3.8) is 0 Å². The van der Waals surface area contributed by atoms with E-state index in [1.807, 2.05) is 63.3 Å². The lowest BCUT2D eigenvalue weighted by molar-refractivity contribution is -0.145. The van der Waals surface area contributed by atoms with E-state index in [2.05, 4.69) is 10.6 Å². The second kappa shape index (κ2) is 8.46. The predicted octanol–water partition coefficient (Wildman–Crippen LogP) is 3.93. The molecule has 3 aliphatic rings. The first-order valence-corrected chi connectivity index (χ1v) is 12.4. The van der Waals surface area contributed by atoms with Gasteiger partial charge in [0.15, 0.2) is 0 Å². The lowest BCUT2D eigenvalue weighted by Crippen LogP contribution is -2.57. The largest absolute Gasteiger partial charge is 0.356 e. The topological polar surface area (TPSA) is 87.7 Å². The van der Waals surface area contributed by atoms with Crippen molar-refractivity contribution in [2.24, 2.45) is 11.8 Å². The van der Waals surface area contributed by atoms with Crippen LogP contribution in [0.2, 0.25) is 5.02 Å². The van der Waals surface area contributed by atoms with Gasteiger partial charge in [0.1, 0.15) is 11.6 Å². The Labute approximate surface area is 215 Å². The fourth-order valence-electron chi connectivity index (χ4n) is 5.77. The standard InChI is InChI=1S/C28H30ClN3O4/c1-26(2,3)31-24(34)22-28-15-14-27(4,36-28)20(23(33)30-19-8-6-5-7-9-19)21(28)25(35)32(22)16-17-10-12-18(29)13-11-17/h5-15,20-22H,16H2,1-4H3,(H,30,33)(H,31,34)/t20-,21+,22+,27-,28+/m1/s1. The minimum Gasteiger partial charge on any atom is -0.356 e. The van der Waals surface area contributed by atoms with Gasteiger partial charge in [-0.25, -0.2) is 0 Å². The quantitative estimate of drug-likeness (QED) is 0.600. The van der Waals surface area contributed by atoms with Crippen LogP contribution in [-0.4, -0.2) is 45.4 Å². The molecule has 2 fully saturated rings. The van der Waals surface area contributed by atoms with E-state index in [-0.39, 0.29) is 24.3 Å². The van der Waals surface area contributed by atoms with Gasteiger partial charge in [0.05, 0.1) is 17.4 Å². The van der Waals surface area contributed by atoms with Crippen LogP contribution in [0.3, 0.4) is 0 Å². The van der Waals surface area contributed by atoms with E-state index in [0.29, 0.717) is 10.7 Å². The predicted molar refractivity (Wildman–Crippen MR) is 137 cm³/mol. The van der Waals surface area contributed by atoms with Gasteiger partial charge in [-0.3, -0.25) is 14.4 Å². The first-order chi connectivity index (χ1) is 16.9. The van der Waals surface area contributed by atoms with E-state index < -0.39 is 34.6 Å². The molecule has 0 saturated carbocycles. The molecule has 1 spiro atoms. The summed E-state index contributed by atoms with van der Waals surface area (Å²) in [5.41, 5.74) is -1.31. The maximum atomic E-state index is 14.1. The number of carbonyl (C=O) groups excluding carboxylic acids is 3. The number of anilines is 1. The van der Waals surface area contributed by atoms with Gasteiger partial charge < -0.3 is 20.3 Å². The molecule has 3 heterocycles. The first-order valence-electron chi connectivity index (χ1n) is 12.1. The van der Waals surface area contributed by atoms with Crippen molar-refractivity contribution in [3.8, 4) is 0 Å². The van der Waals surface area contributed by atoms with Gasteiger partial charge in [0, 0.05) is 22.8 Å². The Morgan fingerprint density at radius 3 is 2.33 bits per heavy atom. The van der Waals surface area contributed by atoms with Crippen molar-refractivity contribution < 1.29 is 19.1 Å². The van der Waals surface area contributed by atoms with Gasteiger partial charge in [-0.05, 0) is 57.5 Å². The van der Waals surface area contributed by atoms with Crippen LogP contribution in [0, 0.1) is 11.8 Å². The molecule has 8 heteroatoms. The molecule has 2 N–H and O–H groups in total. The summed E-state index contributed by atoms with van der Waals surface area (Å²) in [7, 11) is 0. The van der Waals surface area contributed by atoms with Crippen molar-refractivity contribution in [1.82, 2.24) is 10.2 Å². The van der Waals surface area contributed by atoms with Crippen LogP contribution in [0.25, 0.3) is 0 Å². The van der Waals surface area contributed by atoms with Crippen LogP contribution in [0.1, 0.15) is 33.3 Å². The highest BCUT2D eigenvalue weighted by atomic mass is 35.5. The van der Waals surface area contributed by atoms with Crippen molar-refractivity contribution in [2.45, 2.75) is 57.0 Å². The number of rotatable bonds is 5. The van der Waals surface area contributed by atoms with Crippen molar-refractivity contribution in [1.29, 1.82) is 0 Å². The molecule has 188 valence electrons. The van der Waals surface area contributed by atoms with Gasteiger partial charge in [0.2, 0.25) is 17.7 Å². The number of nitrogens with one attached hydrogen (secondary N) is 2. The number of nitrogens with zero attached hydrogens (tertiary/aromatic N) is 1. The van der Waals surface area contributed by atoms with E-state index in [1.165, 1.54) is 0 Å². The SMILES string of the molecule is CC(C)(C)NC(=O)[C@@H]1N(Cc2ccc(Cl)cc2)C(=O)[C@@H]2[C@H](C(=O)Nc3ccccc3)[C@@]3(C)C=C[C@]21O3. The van der Waals surface area contributed by atoms with E-state index in [4.69, 9.17) is 16.3 Å². The Morgan fingerprint density at radius 1 is 1.03 bits per heavy atom. The molecule has 2 saturated heterocycles. The molecule has 0 aromatic heterocycles. The summed E-state index contributed by atoms with van der Waals surface area (Å²) < 4.78 is 6.53. The van der Waals surface area contributed by atoms with Crippen molar-refractivity contribution >= 4 is 35.0 Å². The third kappa shape index (κ3) is 4.00. The van der Waals surface area contributed by atoms with E-state index in [9.17, 15) is 14.4 Å². The fraction of sp³-hybridized carbons (Fsp3) is 0.393. The third-order valence-electron chi connectivity index (χ3n) is 7.13. The minimum atomic E-state index is -1.24. The molecule has 3 amide bonds. The molecule has 5 atom stereocenters. The number of hydrogen-bond acceptors (Lipinski definition) is 4. The van der Waals surface area contributed by atoms with Gasteiger partial charge >= 0.3 is 0 Å². The summed E-state index contributed by atoms with van der Waals surface area (Å²) in [5.74, 6) is -2.53. The number of fused-ring (bicyclic) bond motifs is 1. The van der Waals surface area contributed by atoms with E-state index >= 15 is 0 Å². The summed E-state index contributed by atoms with van der Waals surface area (Å²) >= 11 is 6.05. The molecular weight excluding hydrogens is 478 g/mol. The molecule has 2 aromatic rings. The second-order valence-electron chi connectivity index (χ2n) is 11.0. The first kappa shape index (κ1) is 24.5. The van der Waals surface area contributed by atoms with Gasteiger partial charge in [-0.15, -0.1) is 0 Å². The van der Waals surface area contributed by atoms with Gasteiger partial charge in [0.25, 0.3) is 0 Å². The third-order valence-corrected chi connectivity index (χ3v) is 7.39. The number of benzene rings is 2. The molecule has 2 bridgehead atoms. The Bertz CT molecular complexity index is 1240. The number of amides is 3. The van der Waals surface area contributed by atoms with Crippen molar-refractivity contribution in [2.75, 3.05) is 5.32 Å². The molecule has 0 unspecified atom stereocenters. The number of halogens is 1. The minimum absolute atomic E-state index is 0.192. The fourth-order valence-corrected chi connectivity index (χ4v) is 5.89. The number of carbonyl (C=O) groups is 3. The Kier molecular flexibility index (Phi) is 5.76. The maximum Gasteiger partial charge on any atom is 0.246 e. The highest BCUT2D eigenvalue weighted by molar-refractivity contribution is 6.30. The number of para-hydroxylation sites is 1. The zero-order valence-electron chi connectivity index (χ0n) is 20.7. The Balaban J connectivity index is 1.54. The molecule has 0 aliphatic carbocycles. The number of ether oxygens (including phenoxy) is 1. The highest BCUT2D eigenvalue weighted by Crippen LogP contribution is 2.60. The Morgan fingerprint density at radius 2 is 1.69 bits per heavy atom. The van der Waals surface area contributed by atoms with Crippen LogP contribution >= 0.6 is 11.6 Å². The molecule has 2 aromatic carbocycles. The molecular formula is C28H30ClN3O4. The van der Waals surface area contributed by atoms with E-state index in [0.717, 1.165) is 5.56 Å². The summed E-state index contributed by atoms with van der Waals surface area (Å²) in [4.78, 5) is 42.9. The summed E-state index contributed by atoms with van der Waals surface area (Å²) in [5, 5.41) is 6.55. The lowest BCUT2D eigenvalue weighted by Gasteiger charge is -2.35. The van der Waals surface area contributed by atoms with Crippen LogP contribution in [0.15, 0.2) is 66.7 Å². The molecule has 36 heavy (non-hydrogen) atoms. The van der Waals surface area contributed by atoms with Crippen molar-refractivity contribution in [3.05, 3.63) is 77.3 Å². The highest BCUT2D eigenvalue weighted by Gasteiger charge is 2.76. The van der Waals surface area contributed by atoms with E-state index in [1.54, 1.807) is 36.1 Å². The van der Waals surface area contributed by atoms with Gasteiger partial charge in [-0.2, -0.15) is 0 Å². The van der Waals surface area contributed by atoms with Gasteiger partial charge in [-0.1, -0.05) is 54.1 Å². The molecule has 3 aliphatic heterocycles. The average Bonchev–Trinajstić information content (AvgIpc) is 3.36.